The Kier molecular flexibility index (Phi) is 4.20. The van der Waals surface area contributed by atoms with Gasteiger partial charge in [-0.3, -0.25) is 0 Å². The van der Waals surface area contributed by atoms with Crippen LogP contribution in [-0.2, 0) is 9.47 Å². The highest BCUT2D eigenvalue weighted by Crippen LogP contribution is 2.10. The molecule has 1 saturated heterocycles. The summed E-state index contributed by atoms with van der Waals surface area (Å²) in [4.78, 5) is 22.6. The molecule has 0 radical (unpaired) electrons. The van der Waals surface area contributed by atoms with Crippen LogP contribution < -0.4 is 10.6 Å². The molecule has 98 valence electrons. The van der Waals surface area contributed by atoms with Gasteiger partial charge >= 0.3 is 12.2 Å². The molecule has 1 fully saturated rings. The van der Waals surface area contributed by atoms with Crippen LogP contribution in [0.1, 0.15) is 27.7 Å². The zero-order valence-electron chi connectivity index (χ0n) is 10.7. The van der Waals surface area contributed by atoms with Crippen molar-refractivity contribution in [3.8, 4) is 0 Å². The molecule has 0 bridgehead atoms. The fraction of sp³-hybridized carbons (Fsp3) is 0.818. The number of ether oxygens (including phenoxy) is 2. The molecular formula is C11H20N2O4. The number of hydrogen-bond donors (Lipinski definition) is 2. The molecule has 6 nitrogen and oxygen atoms in total. The Morgan fingerprint density at radius 1 is 1.53 bits per heavy atom. The van der Waals surface area contributed by atoms with Crippen molar-refractivity contribution in [3.05, 3.63) is 0 Å². The summed E-state index contributed by atoms with van der Waals surface area (Å²) in [6.45, 7) is 7.95. The maximum Gasteiger partial charge on any atom is 0.408 e. The molecular weight excluding hydrogens is 224 g/mol. The van der Waals surface area contributed by atoms with Crippen molar-refractivity contribution in [1.29, 1.82) is 0 Å². The average molecular weight is 244 g/mol. The lowest BCUT2D eigenvalue weighted by molar-refractivity contribution is 0.0460. The standard InChI is InChI=1S/C11H20N2O4/c1-7-5-12-9(14)16-6-8(7)13-10(15)17-11(2,3)4/h7-8H,5-6H2,1-4H3,(H,12,14)(H,13,15)/t7-,8?/m1/s1. The highest BCUT2D eigenvalue weighted by molar-refractivity contribution is 5.69. The zero-order chi connectivity index (χ0) is 13.1. The Labute approximate surface area is 101 Å². The summed E-state index contributed by atoms with van der Waals surface area (Å²) in [6, 6.07) is -0.233. The van der Waals surface area contributed by atoms with Crippen molar-refractivity contribution in [3.63, 3.8) is 0 Å². The van der Waals surface area contributed by atoms with E-state index >= 15 is 0 Å². The van der Waals surface area contributed by atoms with Gasteiger partial charge in [0.2, 0.25) is 0 Å². The summed E-state index contributed by atoms with van der Waals surface area (Å²) in [5.41, 5.74) is -0.535. The molecule has 0 aromatic carbocycles. The normalized spacial score (nSPS) is 25.3. The van der Waals surface area contributed by atoms with Crippen LogP contribution in [0.5, 0.6) is 0 Å². The molecule has 2 atom stereocenters. The Hall–Kier alpha value is -1.46. The van der Waals surface area contributed by atoms with Gasteiger partial charge in [0.25, 0.3) is 0 Å². The molecule has 1 heterocycles. The summed E-state index contributed by atoms with van der Waals surface area (Å²) >= 11 is 0. The van der Waals surface area contributed by atoms with E-state index in [1.807, 2.05) is 6.92 Å². The first kappa shape index (κ1) is 13.6. The van der Waals surface area contributed by atoms with Crippen LogP contribution in [0.4, 0.5) is 9.59 Å². The van der Waals surface area contributed by atoms with Crippen molar-refractivity contribution in [2.75, 3.05) is 13.2 Å². The first-order valence-corrected chi connectivity index (χ1v) is 5.68. The molecule has 1 unspecified atom stereocenters. The number of rotatable bonds is 1. The lowest BCUT2D eigenvalue weighted by Crippen LogP contribution is -2.45. The Balaban J connectivity index is 2.49. The fourth-order valence-electron chi connectivity index (χ4n) is 1.41. The van der Waals surface area contributed by atoms with Gasteiger partial charge in [0.1, 0.15) is 12.2 Å². The van der Waals surface area contributed by atoms with Crippen LogP contribution in [0, 0.1) is 5.92 Å². The van der Waals surface area contributed by atoms with Crippen LogP contribution in [0.25, 0.3) is 0 Å². The lowest BCUT2D eigenvalue weighted by Gasteiger charge is -2.24. The van der Waals surface area contributed by atoms with Gasteiger partial charge in [-0.25, -0.2) is 9.59 Å². The third-order valence-electron chi connectivity index (χ3n) is 2.35. The number of hydrogen-bond acceptors (Lipinski definition) is 4. The topological polar surface area (TPSA) is 76.7 Å². The van der Waals surface area contributed by atoms with Crippen LogP contribution in [0.3, 0.4) is 0 Å². The fourth-order valence-corrected chi connectivity index (χ4v) is 1.41. The van der Waals surface area contributed by atoms with E-state index in [9.17, 15) is 9.59 Å². The SMILES string of the molecule is C[C@@H]1CNC(=O)OCC1NC(=O)OC(C)(C)C. The quantitative estimate of drug-likeness (QED) is 0.728. The maximum absolute atomic E-state index is 11.6. The molecule has 1 aliphatic rings. The van der Waals surface area contributed by atoms with E-state index in [-0.39, 0.29) is 18.6 Å². The Morgan fingerprint density at radius 3 is 2.76 bits per heavy atom. The minimum Gasteiger partial charge on any atom is -0.447 e. The first-order valence-electron chi connectivity index (χ1n) is 5.68. The van der Waals surface area contributed by atoms with Crippen molar-refractivity contribution < 1.29 is 19.1 Å². The number of amides is 2. The highest BCUT2D eigenvalue weighted by Gasteiger charge is 2.27. The van der Waals surface area contributed by atoms with E-state index in [4.69, 9.17) is 9.47 Å². The minimum atomic E-state index is -0.535. The largest absolute Gasteiger partial charge is 0.447 e. The third-order valence-corrected chi connectivity index (χ3v) is 2.35. The van der Waals surface area contributed by atoms with Crippen molar-refractivity contribution in [2.45, 2.75) is 39.3 Å². The highest BCUT2D eigenvalue weighted by atomic mass is 16.6. The van der Waals surface area contributed by atoms with Crippen LogP contribution >= 0.6 is 0 Å². The van der Waals surface area contributed by atoms with E-state index in [1.54, 1.807) is 20.8 Å². The van der Waals surface area contributed by atoms with E-state index in [1.165, 1.54) is 0 Å². The Bertz CT molecular complexity index is 298. The molecule has 0 aromatic heterocycles. The summed E-state index contributed by atoms with van der Waals surface area (Å²) < 4.78 is 10.0. The van der Waals surface area contributed by atoms with Crippen molar-refractivity contribution in [2.24, 2.45) is 5.92 Å². The van der Waals surface area contributed by atoms with E-state index < -0.39 is 17.8 Å². The predicted molar refractivity (Wildman–Crippen MR) is 61.7 cm³/mol. The summed E-state index contributed by atoms with van der Waals surface area (Å²) in [7, 11) is 0. The summed E-state index contributed by atoms with van der Waals surface area (Å²) in [5, 5.41) is 5.30. The van der Waals surface area contributed by atoms with Gasteiger partial charge in [0.15, 0.2) is 0 Å². The molecule has 0 aliphatic carbocycles. The lowest BCUT2D eigenvalue weighted by atomic mass is 10.0. The van der Waals surface area contributed by atoms with Crippen LogP contribution in [0.2, 0.25) is 0 Å². The predicted octanol–water partition coefficient (Wildman–Crippen LogP) is 1.26. The van der Waals surface area contributed by atoms with Crippen molar-refractivity contribution >= 4 is 12.2 Å². The van der Waals surface area contributed by atoms with Gasteiger partial charge in [0.05, 0.1) is 6.04 Å². The molecule has 6 heteroatoms. The van der Waals surface area contributed by atoms with E-state index in [0.717, 1.165) is 0 Å². The van der Waals surface area contributed by atoms with E-state index in [2.05, 4.69) is 10.6 Å². The van der Waals surface area contributed by atoms with Gasteiger partial charge in [-0.15, -0.1) is 0 Å². The summed E-state index contributed by atoms with van der Waals surface area (Å²) in [5.74, 6) is 0.0916. The molecule has 2 amide bonds. The number of alkyl carbamates (subject to hydrolysis) is 2. The number of cyclic esters (lactones) is 1. The van der Waals surface area contributed by atoms with Gasteiger partial charge in [-0.1, -0.05) is 6.92 Å². The Morgan fingerprint density at radius 2 is 2.18 bits per heavy atom. The molecule has 1 aliphatic heterocycles. The van der Waals surface area contributed by atoms with Crippen molar-refractivity contribution in [1.82, 2.24) is 10.6 Å². The smallest absolute Gasteiger partial charge is 0.408 e. The molecule has 0 saturated carbocycles. The van der Waals surface area contributed by atoms with Gasteiger partial charge in [-0.2, -0.15) is 0 Å². The second-order valence-electron chi connectivity index (χ2n) is 5.21. The molecule has 17 heavy (non-hydrogen) atoms. The first-order chi connectivity index (χ1) is 7.78. The molecule has 0 spiro atoms. The number of carbonyl (C=O) groups is 2. The van der Waals surface area contributed by atoms with Crippen LogP contribution in [-0.4, -0.2) is 37.0 Å². The van der Waals surface area contributed by atoms with Gasteiger partial charge in [0, 0.05) is 6.54 Å². The third kappa shape index (κ3) is 4.93. The van der Waals surface area contributed by atoms with Crippen LogP contribution in [0.15, 0.2) is 0 Å². The maximum atomic E-state index is 11.6. The number of carbonyl (C=O) groups excluding carboxylic acids is 2. The molecule has 2 N–H and O–H groups in total. The van der Waals surface area contributed by atoms with Gasteiger partial charge in [-0.05, 0) is 26.7 Å². The summed E-state index contributed by atoms with van der Waals surface area (Å²) in [6.07, 6.45) is -0.947. The number of nitrogens with one attached hydrogen (secondary N) is 2. The minimum absolute atomic E-state index is 0.0916. The molecule has 1 rings (SSSR count). The monoisotopic (exact) mass is 244 g/mol. The second-order valence-corrected chi connectivity index (χ2v) is 5.21. The zero-order valence-corrected chi connectivity index (χ0v) is 10.7. The second kappa shape index (κ2) is 5.25. The van der Waals surface area contributed by atoms with Gasteiger partial charge < -0.3 is 20.1 Å². The molecule has 0 aromatic rings. The van der Waals surface area contributed by atoms with E-state index in [0.29, 0.717) is 6.54 Å². The average Bonchev–Trinajstić information content (AvgIpc) is 2.30.